The molecular formula is C20H24N2O6. The van der Waals surface area contributed by atoms with Gasteiger partial charge in [-0.15, -0.1) is 0 Å². The highest BCUT2D eigenvalue weighted by molar-refractivity contribution is 6.12. The van der Waals surface area contributed by atoms with Crippen LogP contribution in [0.5, 0.6) is 0 Å². The molecule has 8 heteroatoms. The molecule has 3 rings (SSSR count). The molecule has 0 atom stereocenters. The fourth-order valence-electron chi connectivity index (χ4n) is 3.55. The summed E-state index contributed by atoms with van der Waals surface area (Å²) in [6, 6.07) is 3.28. The van der Waals surface area contributed by atoms with Crippen LogP contribution in [0.3, 0.4) is 0 Å². The molecule has 6 N–H and O–H groups in total. The SMILES string of the molecule is COC(=O)c1[nH]c(CN)c(-c2ccc(CO)c(CO)c2CO)c1C(=O)C1CC1. The Kier molecular flexibility index (Phi) is 5.95. The maximum atomic E-state index is 13.0. The maximum Gasteiger partial charge on any atom is 0.355 e. The molecule has 2 aromatic rings. The normalized spacial score (nSPS) is 13.6. The molecule has 1 aromatic heterocycles. The average molecular weight is 388 g/mol. The first kappa shape index (κ1) is 20.2. The summed E-state index contributed by atoms with van der Waals surface area (Å²) in [5.74, 6) is -1.01. The number of aromatic amines is 1. The lowest BCUT2D eigenvalue weighted by molar-refractivity contribution is 0.0590. The number of aliphatic hydroxyl groups is 3. The van der Waals surface area contributed by atoms with Gasteiger partial charge in [-0.1, -0.05) is 12.1 Å². The summed E-state index contributed by atoms with van der Waals surface area (Å²) in [6.45, 7) is -1.09. The van der Waals surface area contributed by atoms with Crippen LogP contribution >= 0.6 is 0 Å². The molecule has 0 spiro atoms. The predicted molar refractivity (Wildman–Crippen MR) is 100 cm³/mol. The molecule has 1 aliphatic carbocycles. The van der Waals surface area contributed by atoms with E-state index in [1.807, 2.05) is 0 Å². The molecule has 1 fully saturated rings. The van der Waals surface area contributed by atoms with Crippen LogP contribution in [0, 0.1) is 5.92 Å². The molecule has 1 aromatic carbocycles. The van der Waals surface area contributed by atoms with Crippen LogP contribution in [0.1, 0.15) is 56.1 Å². The van der Waals surface area contributed by atoms with E-state index in [1.165, 1.54) is 7.11 Å². The first-order valence-electron chi connectivity index (χ1n) is 9.06. The smallest absolute Gasteiger partial charge is 0.355 e. The van der Waals surface area contributed by atoms with Crippen molar-refractivity contribution in [2.75, 3.05) is 7.11 Å². The summed E-state index contributed by atoms with van der Waals surface area (Å²) in [5, 5.41) is 29.3. The topological polar surface area (TPSA) is 146 Å². The van der Waals surface area contributed by atoms with E-state index in [9.17, 15) is 24.9 Å². The van der Waals surface area contributed by atoms with E-state index < -0.39 is 19.2 Å². The minimum Gasteiger partial charge on any atom is -0.464 e. The Morgan fingerprint density at radius 3 is 2.32 bits per heavy atom. The van der Waals surface area contributed by atoms with Gasteiger partial charge in [0.25, 0.3) is 0 Å². The highest BCUT2D eigenvalue weighted by Gasteiger charge is 2.37. The Labute approximate surface area is 162 Å². The number of carbonyl (C=O) groups is 2. The van der Waals surface area contributed by atoms with Gasteiger partial charge in [0.2, 0.25) is 0 Å². The molecule has 0 aliphatic heterocycles. The van der Waals surface area contributed by atoms with Gasteiger partial charge in [0.05, 0.1) is 32.5 Å². The van der Waals surface area contributed by atoms with E-state index >= 15 is 0 Å². The number of Topliss-reactive ketones (excluding diaryl/α,β-unsaturated/α-hetero) is 1. The molecule has 150 valence electrons. The van der Waals surface area contributed by atoms with E-state index in [0.717, 1.165) is 12.8 Å². The molecule has 1 heterocycles. The zero-order chi connectivity index (χ0) is 20.4. The predicted octanol–water partition coefficient (Wildman–Crippen LogP) is 0.997. The van der Waals surface area contributed by atoms with Gasteiger partial charge in [-0.05, 0) is 35.1 Å². The van der Waals surface area contributed by atoms with Crippen molar-refractivity contribution in [3.63, 3.8) is 0 Å². The van der Waals surface area contributed by atoms with Crippen molar-refractivity contribution < 1.29 is 29.6 Å². The van der Waals surface area contributed by atoms with Crippen molar-refractivity contribution in [2.24, 2.45) is 11.7 Å². The van der Waals surface area contributed by atoms with Crippen LogP contribution in [-0.2, 0) is 31.1 Å². The summed E-state index contributed by atoms with van der Waals surface area (Å²) in [6.07, 6.45) is 1.50. The van der Waals surface area contributed by atoms with Crippen LogP contribution in [0.4, 0.5) is 0 Å². The summed E-state index contributed by atoms with van der Waals surface area (Å²) >= 11 is 0. The van der Waals surface area contributed by atoms with E-state index in [0.29, 0.717) is 33.5 Å². The third-order valence-electron chi connectivity index (χ3n) is 5.15. The van der Waals surface area contributed by atoms with Crippen molar-refractivity contribution in [3.05, 3.63) is 45.8 Å². The number of methoxy groups -OCH3 is 1. The highest BCUT2D eigenvalue weighted by atomic mass is 16.5. The van der Waals surface area contributed by atoms with Crippen LogP contribution < -0.4 is 5.73 Å². The third-order valence-corrected chi connectivity index (χ3v) is 5.15. The highest BCUT2D eigenvalue weighted by Crippen LogP contribution is 2.41. The average Bonchev–Trinajstić information content (AvgIpc) is 3.51. The molecular weight excluding hydrogens is 364 g/mol. The van der Waals surface area contributed by atoms with Gasteiger partial charge >= 0.3 is 5.97 Å². The Bertz CT molecular complexity index is 914. The minimum absolute atomic E-state index is 0.0261. The van der Waals surface area contributed by atoms with Gasteiger partial charge in [0.15, 0.2) is 5.78 Å². The number of H-pyrrole nitrogens is 1. The molecule has 1 aliphatic rings. The van der Waals surface area contributed by atoms with Crippen LogP contribution in [0.25, 0.3) is 11.1 Å². The van der Waals surface area contributed by atoms with Gasteiger partial charge in [-0.3, -0.25) is 4.79 Å². The maximum absolute atomic E-state index is 13.0. The van der Waals surface area contributed by atoms with Crippen LogP contribution in [0.2, 0.25) is 0 Å². The van der Waals surface area contributed by atoms with Gasteiger partial charge < -0.3 is 30.8 Å². The molecule has 0 unspecified atom stereocenters. The molecule has 0 saturated heterocycles. The number of aliphatic hydroxyl groups excluding tert-OH is 3. The zero-order valence-electron chi connectivity index (χ0n) is 15.6. The lowest BCUT2D eigenvalue weighted by Crippen LogP contribution is -2.12. The number of nitrogens with one attached hydrogen (secondary N) is 1. The van der Waals surface area contributed by atoms with Crippen LogP contribution in [-0.4, -0.2) is 39.2 Å². The molecule has 0 bridgehead atoms. The summed E-state index contributed by atoms with van der Waals surface area (Å²) in [5.41, 5.74) is 8.73. The summed E-state index contributed by atoms with van der Waals surface area (Å²) in [4.78, 5) is 28.2. The van der Waals surface area contributed by atoms with Crippen molar-refractivity contribution in [1.82, 2.24) is 4.98 Å². The molecule has 1 saturated carbocycles. The van der Waals surface area contributed by atoms with E-state index in [-0.39, 0.29) is 36.1 Å². The largest absolute Gasteiger partial charge is 0.464 e. The lowest BCUT2D eigenvalue weighted by atomic mass is 9.88. The number of benzene rings is 1. The number of carbonyl (C=O) groups excluding carboxylic acids is 2. The summed E-state index contributed by atoms with van der Waals surface area (Å²) < 4.78 is 4.83. The zero-order valence-corrected chi connectivity index (χ0v) is 15.6. The standard InChI is InChI=1S/C20H24N2O6/c1-28-20(27)18-17(19(26)10-2-3-10)16(15(6-21)22-18)12-5-4-11(7-23)13(8-24)14(12)9-25/h4-5,10,22-25H,2-3,6-9,21H2,1H3. The quantitative estimate of drug-likeness (QED) is 0.335. The third kappa shape index (κ3) is 3.35. The molecule has 0 radical (unpaired) electrons. The number of hydrogen-bond acceptors (Lipinski definition) is 7. The Balaban J connectivity index is 2.34. The fraction of sp³-hybridized carbons (Fsp3) is 0.400. The molecule has 28 heavy (non-hydrogen) atoms. The van der Waals surface area contributed by atoms with Gasteiger partial charge in [0, 0.05) is 23.7 Å². The number of ketones is 1. The number of ether oxygens (including phenoxy) is 1. The van der Waals surface area contributed by atoms with Crippen molar-refractivity contribution in [1.29, 1.82) is 0 Å². The second-order valence-electron chi connectivity index (χ2n) is 6.77. The summed E-state index contributed by atoms with van der Waals surface area (Å²) in [7, 11) is 1.23. The van der Waals surface area contributed by atoms with Gasteiger partial charge in [0.1, 0.15) is 5.69 Å². The number of rotatable bonds is 8. The van der Waals surface area contributed by atoms with Crippen molar-refractivity contribution >= 4 is 11.8 Å². The van der Waals surface area contributed by atoms with Gasteiger partial charge in [-0.25, -0.2) is 4.79 Å². The number of nitrogens with two attached hydrogens (primary N) is 1. The first-order valence-corrected chi connectivity index (χ1v) is 9.06. The van der Waals surface area contributed by atoms with Crippen LogP contribution in [0.15, 0.2) is 12.1 Å². The Hall–Kier alpha value is -2.52. The Morgan fingerprint density at radius 1 is 1.14 bits per heavy atom. The Morgan fingerprint density at radius 2 is 1.82 bits per heavy atom. The second-order valence-corrected chi connectivity index (χ2v) is 6.77. The van der Waals surface area contributed by atoms with E-state index in [4.69, 9.17) is 10.5 Å². The molecule has 8 nitrogen and oxygen atoms in total. The van der Waals surface area contributed by atoms with E-state index in [1.54, 1.807) is 12.1 Å². The fourth-order valence-corrected chi connectivity index (χ4v) is 3.55. The number of hydrogen-bond donors (Lipinski definition) is 5. The van der Waals surface area contributed by atoms with E-state index in [2.05, 4.69) is 4.98 Å². The number of aromatic nitrogens is 1. The van der Waals surface area contributed by atoms with Gasteiger partial charge in [-0.2, -0.15) is 0 Å². The van der Waals surface area contributed by atoms with Crippen molar-refractivity contribution in [2.45, 2.75) is 39.2 Å². The lowest BCUT2D eigenvalue weighted by Gasteiger charge is -2.17. The monoisotopic (exact) mass is 388 g/mol. The minimum atomic E-state index is -0.676. The molecule has 0 amide bonds. The number of esters is 1. The second kappa shape index (κ2) is 8.24. The first-order chi connectivity index (χ1) is 13.5. The van der Waals surface area contributed by atoms with Crippen molar-refractivity contribution in [3.8, 4) is 11.1 Å².